The van der Waals surface area contributed by atoms with Gasteiger partial charge in [-0.1, -0.05) is 55.0 Å². The maximum Gasteiger partial charge on any atom is 0.407 e. The van der Waals surface area contributed by atoms with E-state index >= 15 is 0 Å². The van der Waals surface area contributed by atoms with Crippen molar-refractivity contribution in [2.45, 2.75) is 50.0 Å². The second kappa shape index (κ2) is 9.12. The molecule has 2 amide bonds. The van der Waals surface area contributed by atoms with E-state index in [1.807, 2.05) is 24.3 Å². The van der Waals surface area contributed by atoms with Crippen molar-refractivity contribution in [2.24, 2.45) is 11.8 Å². The summed E-state index contributed by atoms with van der Waals surface area (Å²) in [6.45, 7) is 0.608. The topological polar surface area (TPSA) is 105 Å². The average molecular weight is 463 g/mol. The van der Waals surface area contributed by atoms with Crippen LogP contribution in [0.25, 0.3) is 11.1 Å². The number of benzene rings is 2. The molecule has 178 valence electrons. The van der Waals surface area contributed by atoms with Crippen molar-refractivity contribution >= 4 is 18.0 Å². The number of carbonyl (C=O) groups excluding carboxylic acids is 2. The van der Waals surface area contributed by atoms with Crippen molar-refractivity contribution in [2.75, 3.05) is 13.2 Å². The summed E-state index contributed by atoms with van der Waals surface area (Å²) in [4.78, 5) is 36.5. The molecule has 7 heteroatoms. The number of carboxylic acid groups (broad SMARTS) is 1. The fourth-order valence-electron chi connectivity index (χ4n) is 5.57. The number of aliphatic carboxylic acids is 1. The van der Waals surface area contributed by atoms with Crippen LogP contribution in [0.3, 0.4) is 0 Å². The summed E-state index contributed by atoms with van der Waals surface area (Å²) < 4.78 is 5.63. The minimum atomic E-state index is -0.785. The molecule has 34 heavy (non-hydrogen) atoms. The summed E-state index contributed by atoms with van der Waals surface area (Å²) in [6, 6.07) is 16.4. The summed E-state index contributed by atoms with van der Waals surface area (Å²) >= 11 is 0. The minimum Gasteiger partial charge on any atom is -0.481 e. The van der Waals surface area contributed by atoms with E-state index in [2.05, 4.69) is 34.9 Å². The summed E-state index contributed by atoms with van der Waals surface area (Å²) in [6.07, 6.45) is 3.50. The van der Waals surface area contributed by atoms with Gasteiger partial charge in [-0.3, -0.25) is 9.59 Å². The SMILES string of the molecule is O=C(CC1(NC(=O)OCC2c3ccccc3-c3ccccc32)CC1)NC[C@@H]1CCC[C@@H]1C(=O)O. The molecule has 0 aliphatic heterocycles. The third-order valence-electron chi connectivity index (χ3n) is 7.60. The van der Waals surface area contributed by atoms with Crippen molar-refractivity contribution in [3.05, 3.63) is 59.7 Å². The standard InChI is InChI=1S/C27H30N2O5/c30-24(28-15-17-6-5-11-18(17)25(31)32)14-27(12-13-27)29-26(33)34-16-23-21-9-3-1-7-19(21)20-8-2-4-10-22(20)23/h1-4,7-10,17-18,23H,5-6,11-16H2,(H,28,30)(H,29,33)(H,31,32)/t17-,18-/m0/s1. The van der Waals surface area contributed by atoms with Crippen molar-refractivity contribution < 1.29 is 24.2 Å². The number of amides is 2. The molecule has 3 aliphatic carbocycles. The van der Waals surface area contributed by atoms with E-state index in [0.29, 0.717) is 13.0 Å². The highest BCUT2D eigenvalue weighted by atomic mass is 16.5. The highest BCUT2D eigenvalue weighted by Crippen LogP contribution is 2.44. The summed E-state index contributed by atoms with van der Waals surface area (Å²) in [5.74, 6) is -1.36. The second-order valence-corrected chi connectivity index (χ2v) is 9.85. The molecule has 0 radical (unpaired) electrons. The molecule has 0 bridgehead atoms. The Bertz CT molecular complexity index is 1060. The van der Waals surface area contributed by atoms with Crippen molar-refractivity contribution in [1.29, 1.82) is 0 Å². The Morgan fingerprint density at radius 3 is 2.24 bits per heavy atom. The van der Waals surface area contributed by atoms with Crippen molar-refractivity contribution in [3.63, 3.8) is 0 Å². The van der Waals surface area contributed by atoms with Gasteiger partial charge < -0.3 is 20.5 Å². The number of rotatable bonds is 8. The second-order valence-electron chi connectivity index (χ2n) is 9.85. The predicted octanol–water partition coefficient (Wildman–Crippen LogP) is 4.06. The lowest BCUT2D eigenvalue weighted by molar-refractivity contribution is -0.143. The number of hydrogen-bond acceptors (Lipinski definition) is 4. The first-order valence-electron chi connectivity index (χ1n) is 12.1. The van der Waals surface area contributed by atoms with Gasteiger partial charge in [-0.15, -0.1) is 0 Å². The van der Waals surface area contributed by atoms with Gasteiger partial charge in [-0.25, -0.2) is 4.79 Å². The number of ether oxygens (including phenoxy) is 1. The Morgan fingerprint density at radius 2 is 1.62 bits per heavy atom. The molecule has 5 rings (SSSR count). The molecule has 2 saturated carbocycles. The zero-order chi connectivity index (χ0) is 23.7. The number of hydrogen-bond donors (Lipinski definition) is 3. The summed E-state index contributed by atoms with van der Waals surface area (Å²) in [7, 11) is 0. The fraction of sp³-hybridized carbons (Fsp3) is 0.444. The highest BCUT2D eigenvalue weighted by Gasteiger charge is 2.46. The maximum absolute atomic E-state index is 12.6. The Balaban J connectivity index is 1.13. The third-order valence-corrected chi connectivity index (χ3v) is 7.60. The molecule has 0 spiro atoms. The van der Waals surface area contributed by atoms with Crippen LogP contribution < -0.4 is 10.6 Å². The van der Waals surface area contributed by atoms with E-state index in [1.165, 1.54) is 11.1 Å². The van der Waals surface area contributed by atoms with E-state index in [0.717, 1.165) is 36.8 Å². The number of nitrogens with one attached hydrogen (secondary N) is 2. The van der Waals surface area contributed by atoms with Crippen molar-refractivity contribution in [3.8, 4) is 11.1 Å². The molecule has 3 aliphatic rings. The fourth-order valence-corrected chi connectivity index (χ4v) is 5.57. The molecule has 0 aromatic heterocycles. The van der Waals surface area contributed by atoms with Crippen LogP contribution in [0.2, 0.25) is 0 Å². The van der Waals surface area contributed by atoms with E-state index < -0.39 is 17.6 Å². The summed E-state index contributed by atoms with van der Waals surface area (Å²) in [5, 5.41) is 15.1. The van der Waals surface area contributed by atoms with Gasteiger partial charge in [0.15, 0.2) is 0 Å². The van der Waals surface area contributed by atoms with Gasteiger partial charge in [0, 0.05) is 18.9 Å². The first kappa shape index (κ1) is 22.4. The number of carbonyl (C=O) groups is 3. The van der Waals surface area contributed by atoms with Crippen molar-refractivity contribution in [1.82, 2.24) is 10.6 Å². The molecule has 2 fully saturated rings. The zero-order valence-electron chi connectivity index (χ0n) is 19.1. The first-order valence-corrected chi connectivity index (χ1v) is 12.1. The van der Waals surface area contributed by atoms with Gasteiger partial charge in [0.05, 0.1) is 11.5 Å². The normalized spacial score (nSPS) is 21.9. The minimum absolute atomic E-state index is 0.00908. The lowest BCUT2D eigenvalue weighted by Gasteiger charge is -2.20. The smallest absolute Gasteiger partial charge is 0.407 e. The molecule has 7 nitrogen and oxygen atoms in total. The first-order chi connectivity index (χ1) is 16.5. The van der Waals surface area contributed by atoms with Gasteiger partial charge in [-0.2, -0.15) is 0 Å². The average Bonchev–Trinajstić information content (AvgIpc) is 3.28. The monoisotopic (exact) mass is 462 g/mol. The molecule has 0 heterocycles. The number of carboxylic acids is 1. The van der Waals surface area contributed by atoms with Crippen LogP contribution in [0.4, 0.5) is 4.79 Å². The highest BCUT2D eigenvalue weighted by molar-refractivity contribution is 5.80. The van der Waals surface area contributed by atoms with E-state index in [4.69, 9.17) is 4.74 Å². The molecular formula is C27H30N2O5. The van der Waals surface area contributed by atoms with Gasteiger partial charge in [0.1, 0.15) is 6.61 Å². The Morgan fingerprint density at radius 1 is 0.971 bits per heavy atom. The zero-order valence-corrected chi connectivity index (χ0v) is 19.1. The molecule has 3 N–H and O–H groups in total. The quantitative estimate of drug-likeness (QED) is 0.549. The van der Waals surface area contributed by atoms with Gasteiger partial charge in [0.25, 0.3) is 0 Å². The lowest BCUT2D eigenvalue weighted by atomic mass is 9.96. The van der Waals surface area contributed by atoms with Crippen LogP contribution in [0, 0.1) is 11.8 Å². The molecular weight excluding hydrogens is 432 g/mol. The van der Waals surface area contributed by atoms with E-state index in [1.54, 1.807) is 0 Å². The van der Waals surface area contributed by atoms with Gasteiger partial charge in [-0.05, 0) is 53.9 Å². The van der Waals surface area contributed by atoms with E-state index in [-0.39, 0.29) is 36.7 Å². The molecule has 2 aromatic rings. The van der Waals surface area contributed by atoms with Gasteiger partial charge in [0.2, 0.25) is 5.91 Å². The molecule has 0 saturated heterocycles. The van der Waals surface area contributed by atoms with Crippen LogP contribution in [0.1, 0.15) is 55.6 Å². The molecule has 0 unspecified atom stereocenters. The lowest BCUT2D eigenvalue weighted by Crippen LogP contribution is -2.42. The Labute approximate surface area is 198 Å². The molecule has 2 atom stereocenters. The van der Waals surface area contributed by atoms with Gasteiger partial charge >= 0.3 is 12.1 Å². The third kappa shape index (κ3) is 4.52. The molecule has 2 aromatic carbocycles. The van der Waals surface area contributed by atoms with E-state index in [9.17, 15) is 19.5 Å². The number of alkyl carbamates (subject to hydrolysis) is 1. The van der Waals surface area contributed by atoms with Crippen LogP contribution >= 0.6 is 0 Å². The summed E-state index contributed by atoms with van der Waals surface area (Å²) in [5.41, 5.74) is 4.10. The Hall–Kier alpha value is -3.35. The van der Waals surface area contributed by atoms with Crippen LogP contribution in [0.15, 0.2) is 48.5 Å². The van der Waals surface area contributed by atoms with Crippen LogP contribution in [-0.2, 0) is 14.3 Å². The predicted molar refractivity (Wildman–Crippen MR) is 126 cm³/mol. The maximum atomic E-state index is 12.6. The van der Waals surface area contributed by atoms with Crippen LogP contribution in [0.5, 0.6) is 0 Å². The Kier molecular flexibility index (Phi) is 6.02. The van der Waals surface area contributed by atoms with Crippen LogP contribution in [-0.4, -0.2) is 41.8 Å². The number of fused-ring (bicyclic) bond motifs is 3. The largest absolute Gasteiger partial charge is 0.481 e.